The predicted octanol–water partition coefficient (Wildman–Crippen LogP) is 8.50. The summed E-state index contributed by atoms with van der Waals surface area (Å²) in [4.78, 5) is 10.7. The Morgan fingerprint density at radius 1 is 0.585 bits per heavy atom. The number of aryl methyl sites for hydroxylation is 1. The van der Waals surface area contributed by atoms with E-state index in [9.17, 15) is 0 Å². The minimum atomic E-state index is 0.151. The molecule has 0 saturated carbocycles. The van der Waals surface area contributed by atoms with E-state index in [-0.39, 0.29) is 16.2 Å². The molecule has 6 nitrogen and oxygen atoms in total. The van der Waals surface area contributed by atoms with Gasteiger partial charge in [-0.2, -0.15) is 0 Å². The highest BCUT2D eigenvalue weighted by molar-refractivity contribution is 5.56. The highest BCUT2D eigenvalue weighted by atomic mass is 15.3. The average molecular weight is 721 g/mol. The Hall–Kier alpha value is -3.06. The molecule has 0 amide bonds. The van der Waals surface area contributed by atoms with Crippen molar-refractivity contribution >= 4 is 17.1 Å². The normalized spacial score (nSPS) is 25.2. The standard InChI is InChI=1S/C47H72N6/c1-33-25-37(47(9,10)11)17-22-44(33)51-24-23-48-38(29-51)26-42-31-53(41-20-15-36(16-21-41)46(6,7)8)32-43(50(42)12)27-39-30-52(28-34(2)49-39)40-18-13-35(14-19-40)45(3,4)5/h13-22,25,34,38-39,42-43,48-49H,23-24,26-32H2,1-12H3/t34-,38-,39?,42?,43-/m0/s1. The van der Waals surface area contributed by atoms with Gasteiger partial charge in [0.25, 0.3) is 0 Å². The summed E-state index contributed by atoms with van der Waals surface area (Å²) in [5.74, 6) is 0. The van der Waals surface area contributed by atoms with Crippen LogP contribution in [0.15, 0.2) is 66.7 Å². The molecule has 0 aliphatic carbocycles. The van der Waals surface area contributed by atoms with Crippen LogP contribution in [0.5, 0.6) is 0 Å². The lowest BCUT2D eigenvalue weighted by Crippen LogP contribution is -2.63. The summed E-state index contributed by atoms with van der Waals surface area (Å²) in [5, 5.41) is 7.98. The first-order valence-corrected chi connectivity index (χ1v) is 20.6. The first-order chi connectivity index (χ1) is 24.8. The fraction of sp³-hybridized carbons (Fsp3) is 0.617. The van der Waals surface area contributed by atoms with Gasteiger partial charge in [-0.15, -0.1) is 0 Å². The topological polar surface area (TPSA) is 37.0 Å². The summed E-state index contributed by atoms with van der Waals surface area (Å²) in [6.45, 7) is 32.8. The van der Waals surface area contributed by atoms with Crippen molar-refractivity contribution < 1.29 is 0 Å². The Labute approximate surface area is 323 Å². The van der Waals surface area contributed by atoms with Gasteiger partial charge in [-0.1, -0.05) is 98.7 Å². The Balaban J connectivity index is 1.20. The molecule has 3 saturated heterocycles. The van der Waals surface area contributed by atoms with Gasteiger partial charge in [-0.25, -0.2) is 0 Å². The maximum absolute atomic E-state index is 4.03. The molecular formula is C47H72N6. The fourth-order valence-electron chi connectivity index (χ4n) is 9.04. The van der Waals surface area contributed by atoms with Crippen molar-refractivity contribution in [2.75, 3.05) is 67.6 Å². The van der Waals surface area contributed by atoms with Gasteiger partial charge < -0.3 is 25.3 Å². The van der Waals surface area contributed by atoms with E-state index in [1.165, 1.54) is 39.3 Å². The van der Waals surface area contributed by atoms with Gasteiger partial charge in [-0.05, 0) is 103 Å². The third-order valence-corrected chi connectivity index (χ3v) is 12.4. The number of nitrogens with zero attached hydrogens (tertiary/aromatic N) is 4. The first kappa shape index (κ1) is 39.6. The molecule has 53 heavy (non-hydrogen) atoms. The van der Waals surface area contributed by atoms with Crippen LogP contribution >= 0.6 is 0 Å². The summed E-state index contributed by atoms with van der Waals surface area (Å²) in [6, 6.07) is 28.2. The van der Waals surface area contributed by atoms with Crippen molar-refractivity contribution in [2.24, 2.45) is 0 Å². The second kappa shape index (κ2) is 15.6. The van der Waals surface area contributed by atoms with Crippen LogP contribution in [-0.4, -0.2) is 88.0 Å². The van der Waals surface area contributed by atoms with Crippen LogP contribution in [0.1, 0.15) is 104 Å². The Bertz CT molecular complexity index is 1640. The van der Waals surface area contributed by atoms with E-state index in [1.54, 1.807) is 0 Å². The maximum Gasteiger partial charge on any atom is 0.0397 e. The number of hydrogen-bond donors (Lipinski definition) is 2. The van der Waals surface area contributed by atoms with Crippen molar-refractivity contribution in [3.8, 4) is 0 Å². The largest absolute Gasteiger partial charge is 0.368 e. The minimum absolute atomic E-state index is 0.151. The Morgan fingerprint density at radius 3 is 1.57 bits per heavy atom. The molecule has 2 N–H and O–H groups in total. The number of benzene rings is 3. The number of anilines is 3. The molecule has 3 aliphatic rings. The van der Waals surface area contributed by atoms with Crippen LogP contribution in [0.25, 0.3) is 0 Å². The van der Waals surface area contributed by atoms with Gasteiger partial charge in [0.15, 0.2) is 0 Å². The van der Waals surface area contributed by atoms with E-state index in [2.05, 4.69) is 180 Å². The predicted molar refractivity (Wildman–Crippen MR) is 230 cm³/mol. The number of nitrogens with one attached hydrogen (secondary N) is 2. The lowest BCUT2D eigenvalue weighted by molar-refractivity contribution is 0.112. The molecule has 3 aliphatic heterocycles. The summed E-state index contributed by atoms with van der Waals surface area (Å²) in [6.07, 6.45) is 2.27. The number of rotatable bonds is 7. The van der Waals surface area contributed by atoms with Crippen molar-refractivity contribution in [3.63, 3.8) is 0 Å². The zero-order valence-electron chi connectivity index (χ0n) is 35.4. The number of piperazine rings is 3. The first-order valence-electron chi connectivity index (χ1n) is 20.6. The number of hydrogen-bond acceptors (Lipinski definition) is 6. The molecule has 3 fully saturated rings. The van der Waals surface area contributed by atoms with E-state index in [4.69, 9.17) is 0 Å². The molecule has 2 unspecified atom stereocenters. The molecule has 0 aromatic heterocycles. The quantitative estimate of drug-likeness (QED) is 0.255. The van der Waals surface area contributed by atoms with Gasteiger partial charge in [-0.3, -0.25) is 4.90 Å². The monoisotopic (exact) mass is 721 g/mol. The van der Waals surface area contributed by atoms with Crippen LogP contribution in [0.3, 0.4) is 0 Å². The van der Waals surface area contributed by atoms with E-state index in [1.807, 2.05) is 0 Å². The SMILES string of the molecule is Cc1cc(C(C)(C)C)ccc1N1CCN[C@@H](CC2CN(c3ccc(C(C)(C)C)cc3)C[C@H](CC3CN(c4ccc(C(C)(C)C)cc4)C[C@H](C)N3)N2C)C1. The summed E-state index contributed by atoms with van der Waals surface area (Å²) < 4.78 is 0. The second-order valence-corrected chi connectivity index (χ2v) is 20.0. The minimum Gasteiger partial charge on any atom is -0.368 e. The summed E-state index contributed by atoms with van der Waals surface area (Å²) in [5.41, 5.74) is 10.2. The van der Waals surface area contributed by atoms with Crippen molar-refractivity contribution in [1.29, 1.82) is 0 Å². The second-order valence-electron chi connectivity index (χ2n) is 20.0. The molecule has 290 valence electrons. The van der Waals surface area contributed by atoms with E-state index in [0.29, 0.717) is 30.2 Å². The molecule has 3 aromatic rings. The molecular weight excluding hydrogens is 649 g/mol. The molecule has 6 heteroatoms. The third kappa shape index (κ3) is 9.61. The van der Waals surface area contributed by atoms with Crippen LogP contribution in [0, 0.1) is 6.92 Å². The summed E-state index contributed by atoms with van der Waals surface area (Å²) >= 11 is 0. The van der Waals surface area contributed by atoms with Crippen LogP contribution < -0.4 is 25.3 Å². The van der Waals surface area contributed by atoms with E-state index in [0.717, 1.165) is 58.7 Å². The zero-order valence-corrected chi connectivity index (χ0v) is 35.4. The third-order valence-electron chi connectivity index (χ3n) is 12.4. The van der Waals surface area contributed by atoms with Gasteiger partial charge >= 0.3 is 0 Å². The maximum atomic E-state index is 4.03. The number of likely N-dealkylation sites (N-methyl/N-ethyl adjacent to an activating group) is 1. The van der Waals surface area contributed by atoms with Crippen LogP contribution in [0.2, 0.25) is 0 Å². The molecule has 5 atom stereocenters. The van der Waals surface area contributed by atoms with Crippen molar-refractivity contribution in [2.45, 2.75) is 135 Å². The van der Waals surface area contributed by atoms with Crippen LogP contribution in [-0.2, 0) is 16.2 Å². The molecule has 3 aromatic carbocycles. The molecule has 6 rings (SSSR count). The smallest absolute Gasteiger partial charge is 0.0397 e. The zero-order chi connectivity index (χ0) is 38.3. The summed E-state index contributed by atoms with van der Waals surface area (Å²) in [7, 11) is 2.42. The van der Waals surface area contributed by atoms with E-state index < -0.39 is 0 Å². The van der Waals surface area contributed by atoms with Crippen LogP contribution in [0.4, 0.5) is 17.1 Å². The van der Waals surface area contributed by atoms with Crippen molar-refractivity contribution in [3.05, 3.63) is 89.0 Å². The van der Waals surface area contributed by atoms with Gasteiger partial charge in [0.2, 0.25) is 0 Å². The fourth-order valence-corrected chi connectivity index (χ4v) is 9.04. The highest BCUT2D eigenvalue weighted by Gasteiger charge is 2.37. The molecule has 3 heterocycles. The lowest BCUT2D eigenvalue weighted by Gasteiger charge is -2.50. The Morgan fingerprint density at radius 2 is 1.06 bits per heavy atom. The van der Waals surface area contributed by atoms with Gasteiger partial charge in [0.1, 0.15) is 0 Å². The molecule has 0 bridgehead atoms. The lowest BCUT2D eigenvalue weighted by atomic mass is 9.86. The van der Waals surface area contributed by atoms with Gasteiger partial charge in [0, 0.05) is 93.1 Å². The average Bonchev–Trinajstić information content (AvgIpc) is 3.09. The van der Waals surface area contributed by atoms with Gasteiger partial charge in [0.05, 0.1) is 0 Å². The molecule has 0 radical (unpaired) electrons. The molecule has 0 spiro atoms. The highest BCUT2D eigenvalue weighted by Crippen LogP contribution is 2.33. The Kier molecular flexibility index (Phi) is 11.7. The van der Waals surface area contributed by atoms with E-state index >= 15 is 0 Å². The van der Waals surface area contributed by atoms with Crippen molar-refractivity contribution in [1.82, 2.24) is 15.5 Å².